The summed E-state index contributed by atoms with van der Waals surface area (Å²) in [6, 6.07) is 11.8. The lowest BCUT2D eigenvalue weighted by Crippen LogP contribution is -2.19. The van der Waals surface area contributed by atoms with Crippen molar-refractivity contribution in [1.82, 2.24) is 0 Å². The van der Waals surface area contributed by atoms with Crippen LogP contribution >= 0.6 is 0 Å². The Hall–Kier alpha value is -2.91. The fourth-order valence-electron chi connectivity index (χ4n) is 2.89. The molecule has 7 nitrogen and oxygen atoms in total. The summed E-state index contributed by atoms with van der Waals surface area (Å²) in [6.45, 7) is -0.539. The van der Waals surface area contributed by atoms with Gasteiger partial charge in [0.05, 0.1) is 7.85 Å². The molecule has 2 aromatic rings. The zero-order chi connectivity index (χ0) is 21.0. The Bertz CT molecular complexity index is 1080. The summed E-state index contributed by atoms with van der Waals surface area (Å²) in [6.07, 6.45) is 3.70. The molecule has 1 atom stereocenters. The molecule has 29 heavy (non-hydrogen) atoms. The maximum Gasteiger partial charge on any atom is 0.341 e. The molecule has 148 valence electrons. The van der Waals surface area contributed by atoms with Crippen LogP contribution in [0.2, 0.25) is 0 Å². The van der Waals surface area contributed by atoms with E-state index < -0.39 is 40.3 Å². The van der Waals surface area contributed by atoms with Crippen LogP contribution in [0.1, 0.15) is 33.0 Å². The molecule has 2 radical (unpaired) electrons. The van der Waals surface area contributed by atoms with Crippen LogP contribution in [0, 0.1) is 0 Å². The van der Waals surface area contributed by atoms with Gasteiger partial charge in [-0.25, -0.2) is 4.79 Å². The van der Waals surface area contributed by atoms with Gasteiger partial charge in [0.1, 0.15) is 29.6 Å². The van der Waals surface area contributed by atoms with Gasteiger partial charge in [0, 0.05) is 0 Å². The Labute approximate surface area is 169 Å². The van der Waals surface area contributed by atoms with Gasteiger partial charge >= 0.3 is 11.9 Å². The zero-order valence-corrected chi connectivity index (χ0v) is 16.1. The quantitative estimate of drug-likeness (QED) is 0.321. The molecule has 1 aliphatic rings. The maximum atomic E-state index is 12.7. The van der Waals surface area contributed by atoms with Crippen LogP contribution in [0.25, 0.3) is 6.08 Å². The van der Waals surface area contributed by atoms with Gasteiger partial charge in [0.2, 0.25) is 0 Å². The Kier molecular flexibility index (Phi) is 6.19. The SMILES string of the molecule is [B]Cc1ccc(C(=O)OCCS(=O)(=O)O)c(OC(=O)C2C=Cc3ccccc32)c1. The van der Waals surface area contributed by atoms with Crippen LogP contribution in [0.5, 0.6) is 5.75 Å². The van der Waals surface area contributed by atoms with Crippen LogP contribution in [0.15, 0.2) is 48.5 Å². The fraction of sp³-hybridized carbons (Fsp3) is 0.200. The highest BCUT2D eigenvalue weighted by molar-refractivity contribution is 7.85. The number of ether oxygens (including phenoxy) is 2. The molecule has 0 spiro atoms. The predicted molar refractivity (Wildman–Crippen MR) is 106 cm³/mol. The zero-order valence-electron chi connectivity index (χ0n) is 15.3. The van der Waals surface area contributed by atoms with Crippen LogP contribution in [0.3, 0.4) is 0 Å². The first kappa shape index (κ1) is 20.8. The van der Waals surface area contributed by atoms with E-state index >= 15 is 0 Å². The third-order valence-electron chi connectivity index (χ3n) is 4.34. The molecule has 0 aromatic heterocycles. The molecule has 3 rings (SSSR count). The van der Waals surface area contributed by atoms with E-state index in [1.54, 1.807) is 12.1 Å². The van der Waals surface area contributed by atoms with E-state index in [1.807, 2.05) is 30.3 Å². The smallest absolute Gasteiger partial charge is 0.341 e. The van der Waals surface area contributed by atoms with Gasteiger partial charge in [-0.3, -0.25) is 9.35 Å². The summed E-state index contributed by atoms with van der Waals surface area (Å²) < 4.78 is 40.6. The normalized spacial score (nSPS) is 15.0. The van der Waals surface area contributed by atoms with Crippen molar-refractivity contribution in [3.05, 3.63) is 70.8 Å². The lowest BCUT2D eigenvalue weighted by Gasteiger charge is -2.14. The first-order chi connectivity index (χ1) is 13.8. The molecule has 1 N–H and O–H groups in total. The monoisotopic (exact) mass is 412 g/mol. The van der Waals surface area contributed by atoms with E-state index in [1.165, 1.54) is 12.1 Å². The standard InChI is InChI=1S/C20H17BO7S/c21-12-13-5-7-17(19(22)27-9-10-29(24,25)26)18(11-13)28-20(23)16-8-6-14-3-1-2-4-15(14)16/h1-8,11,16H,9-10,12H2,(H,24,25,26). The second-order valence-corrected chi connectivity index (χ2v) is 7.92. The van der Waals surface area contributed by atoms with Crippen molar-refractivity contribution in [2.75, 3.05) is 12.4 Å². The van der Waals surface area contributed by atoms with Crippen molar-refractivity contribution >= 4 is 36.0 Å². The van der Waals surface area contributed by atoms with Crippen molar-refractivity contribution in [1.29, 1.82) is 0 Å². The lowest BCUT2D eigenvalue weighted by atomic mass is 9.95. The summed E-state index contributed by atoms with van der Waals surface area (Å²) in [5.74, 6) is -2.85. The molecule has 0 saturated carbocycles. The second kappa shape index (κ2) is 8.63. The molecule has 2 aromatic carbocycles. The topological polar surface area (TPSA) is 107 Å². The molecular weight excluding hydrogens is 395 g/mol. The van der Waals surface area contributed by atoms with E-state index in [0.717, 1.165) is 11.1 Å². The third-order valence-corrected chi connectivity index (χ3v) is 5.02. The predicted octanol–water partition coefficient (Wildman–Crippen LogP) is 2.12. The second-order valence-electron chi connectivity index (χ2n) is 6.34. The molecule has 0 fully saturated rings. The number of benzene rings is 2. The number of esters is 2. The maximum absolute atomic E-state index is 12.7. The van der Waals surface area contributed by atoms with Crippen molar-refractivity contribution in [2.24, 2.45) is 0 Å². The van der Waals surface area contributed by atoms with Crippen LogP contribution in [-0.2, 0) is 26.0 Å². The van der Waals surface area contributed by atoms with E-state index in [9.17, 15) is 18.0 Å². The average molecular weight is 412 g/mol. The highest BCUT2D eigenvalue weighted by atomic mass is 32.2. The minimum Gasteiger partial charge on any atom is -0.461 e. The van der Waals surface area contributed by atoms with E-state index in [-0.39, 0.29) is 17.6 Å². The summed E-state index contributed by atoms with van der Waals surface area (Å²) in [4.78, 5) is 25.0. The Morgan fingerprint density at radius 2 is 1.90 bits per heavy atom. The van der Waals surface area contributed by atoms with Gasteiger partial charge < -0.3 is 9.47 Å². The summed E-state index contributed by atoms with van der Waals surface area (Å²) in [5, 5.41) is 0. The molecule has 9 heteroatoms. The summed E-state index contributed by atoms with van der Waals surface area (Å²) in [7, 11) is 1.36. The summed E-state index contributed by atoms with van der Waals surface area (Å²) >= 11 is 0. The Morgan fingerprint density at radius 3 is 2.62 bits per heavy atom. The van der Waals surface area contributed by atoms with Gasteiger partial charge in [-0.1, -0.05) is 54.4 Å². The van der Waals surface area contributed by atoms with E-state index in [2.05, 4.69) is 0 Å². The van der Waals surface area contributed by atoms with Crippen LogP contribution in [-0.4, -0.2) is 45.1 Å². The van der Waals surface area contributed by atoms with Crippen LogP contribution < -0.4 is 4.74 Å². The highest BCUT2D eigenvalue weighted by Gasteiger charge is 2.27. The number of carbonyl (C=O) groups excluding carboxylic acids is 2. The number of carbonyl (C=O) groups is 2. The minimum absolute atomic E-state index is 0.0346. The number of hydrogen-bond donors (Lipinski definition) is 1. The molecule has 1 aliphatic carbocycles. The number of rotatable bonds is 7. The first-order valence-corrected chi connectivity index (χ1v) is 10.3. The molecule has 0 amide bonds. The van der Waals surface area contributed by atoms with Gasteiger partial charge in [0.15, 0.2) is 0 Å². The first-order valence-electron chi connectivity index (χ1n) is 8.72. The largest absolute Gasteiger partial charge is 0.461 e. The van der Waals surface area contributed by atoms with Crippen molar-refractivity contribution in [3.8, 4) is 5.75 Å². The Balaban J connectivity index is 1.80. The lowest BCUT2D eigenvalue weighted by molar-refractivity contribution is -0.134. The van der Waals surface area contributed by atoms with Crippen molar-refractivity contribution in [2.45, 2.75) is 12.2 Å². The highest BCUT2D eigenvalue weighted by Crippen LogP contribution is 2.32. The molecule has 0 aliphatic heterocycles. The van der Waals surface area contributed by atoms with Crippen molar-refractivity contribution < 1.29 is 32.0 Å². The summed E-state index contributed by atoms with van der Waals surface area (Å²) in [5.41, 5.74) is 2.28. The minimum atomic E-state index is -4.27. The number of hydrogen-bond acceptors (Lipinski definition) is 6. The Morgan fingerprint density at radius 1 is 1.14 bits per heavy atom. The average Bonchev–Trinajstić information content (AvgIpc) is 3.11. The molecule has 1 unspecified atom stereocenters. The van der Waals surface area contributed by atoms with Gasteiger partial charge in [-0.05, 0) is 23.3 Å². The van der Waals surface area contributed by atoms with Gasteiger partial charge in [-0.2, -0.15) is 8.42 Å². The molecular formula is C20H17BO7S. The van der Waals surface area contributed by atoms with E-state index in [0.29, 0.717) is 5.56 Å². The molecule has 0 bridgehead atoms. The van der Waals surface area contributed by atoms with E-state index in [4.69, 9.17) is 21.9 Å². The van der Waals surface area contributed by atoms with Gasteiger partial charge in [-0.15, -0.1) is 0 Å². The van der Waals surface area contributed by atoms with Crippen LogP contribution in [0.4, 0.5) is 0 Å². The van der Waals surface area contributed by atoms with Gasteiger partial charge in [0.25, 0.3) is 10.1 Å². The molecule has 0 saturated heterocycles. The van der Waals surface area contributed by atoms with Crippen molar-refractivity contribution in [3.63, 3.8) is 0 Å². The third kappa shape index (κ3) is 5.13. The fourth-order valence-corrected chi connectivity index (χ4v) is 3.19. The molecule has 0 heterocycles. The number of fused-ring (bicyclic) bond motifs is 1.